The van der Waals surface area contributed by atoms with Gasteiger partial charge in [0.15, 0.2) is 0 Å². The summed E-state index contributed by atoms with van der Waals surface area (Å²) in [6, 6.07) is 0. The third-order valence-electron chi connectivity index (χ3n) is 3.36. The van der Waals surface area contributed by atoms with Crippen LogP contribution in [-0.4, -0.2) is 21.7 Å². The molecule has 0 bridgehead atoms. The van der Waals surface area contributed by atoms with Gasteiger partial charge in [-0.25, -0.2) is 0 Å². The van der Waals surface area contributed by atoms with Crippen LogP contribution >= 0.6 is 0 Å². The third-order valence-corrected chi connectivity index (χ3v) is 3.36. The summed E-state index contributed by atoms with van der Waals surface area (Å²) in [6.45, 7) is 10.6. The molecule has 0 saturated carbocycles. The molecule has 0 saturated heterocycles. The molecule has 0 spiro atoms. The average molecular weight is 266 g/mol. The molecule has 1 aromatic heterocycles. The highest BCUT2D eigenvalue weighted by Crippen LogP contribution is 2.11. The third kappa shape index (κ3) is 8.71. The van der Waals surface area contributed by atoms with Gasteiger partial charge < -0.3 is 5.11 Å². The number of hydrogen-bond donors (Lipinski definition) is 1. The Bertz CT molecular complexity index is 336. The van der Waals surface area contributed by atoms with Crippen molar-refractivity contribution in [3.63, 3.8) is 0 Å². The summed E-state index contributed by atoms with van der Waals surface area (Å²) in [5.41, 5.74) is 3.02. The number of rotatable bonds is 6. The van der Waals surface area contributed by atoms with Crippen LogP contribution in [0.4, 0.5) is 0 Å². The monoisotopic (exact) mass is 266 g/mol. The molecule has 1 aromatic rings. The lowest BCUT2D eigenvalue weighted by molar-refractivity contribution is 0.212. The molecule has 0 amide bonds. The second-order valence-electron chi connectivity index (χ2n) is 5.13. The van der Waals surface area contributed by atoms with Crippen molar-refractivity contribution >= 4 is 0 Å². The maximum Gasteiger partial charge on any atom is 0.0588 e. The summed E-state index contributed by atoms with van der Waals surface area (Å²) in [6.07, 6.45) is 8.00. The topological polar surface area (TPSA) is 46.0 Å². The Kier molecular flexibility index (Phi) is 10.4. The van der Waals surface area contributed by atoms with Gasteiger partial charge in [0.2, 0.25) is 0 Å². The second-order valence-corrected chi connectivity index (χ2v) is 5.13. The van der Waals surface area contributed by atoms with Crippen LogP contribution in [0, 0.1) is 26.7 Å². The molecule has 0 aliphatic carbocycles. The first-order valence-corrected chi connectivity index (χ1v) is 7.42. The van der Waals surface area contributed by atoms with Gasteiger partial charge in [0.1, 0.15) is 0 Å². The van der Waals surface area contributed by atoms with Crippen molar-refractivity contribution in [3.05, 3.63) is 23.3 Å². The summed E-state index contributed by atoms with van der Waals surface area (Å²) in [7, 11) is 0. The van der Waals surface area contributed by atoms with Gasteiger partial charge in [-0.15, -0.1) is 0 Å². The normalized spacial score (nSPS) is 11.7. The fourth-order valence-corrected chi connectivity index (χ4v) is 1.77. The minimum atomic E-state index is 0.375. The molecule has 19 heavy (non-hydrogen) atoms. The molecule has 0 aliphatic heterocycles. The standard InChI is InChI=1S/C9H20O.C7H10N2/c1-3-5-6-7-9(4-2)8-10;1-5-4-8-6(2)7(3)9-5/h9-10H,3-8H2,1-2H3;4H,1-3H3. The predicted octanol–water partition coefficient (Wildman–Crippen LogP) is 3.99. The molecule has 1 unspecified atom stereocenters. The van der Waals surface area contributed by atoms with E-state index in [0.717, 1.165) is 23.5 Å². The molecular weight excluding hydrogens is 236 g/mol. The second kappa shape index (κ2) is 10.9. The Hall–Kier alpha value is -0.960. The first-order valence-electron chi connectivity index (χ1n) is 7.42. The van der Waals surface area contributed by atoms with E-state index in [-0.39, 0.29) is 0 Å². The van der Waals surface area contributed by atoms with E-state index in [9.17, 15) is 0 Å². The van der Waals surface area contributed by atoms with E-state index in [4.69, 9.17) is 5.11 Å². The summed E-state index contributed by atoms with van der Waals surface area (Å²) >= 11 is 0. The Labute approximate surface area is 118 Å². The average Bonchev–Trinajstić information content (AvgIpc) is 2.40. The summed E-state index contributed by atoms with van der Waals surface area (Å²) in [5, 5.41) is 8.83. The molecule has 1 rings (SSSR count). The van der Waals surface area contributed by atoms with Gasteiger partial charge in [-0.1, -0.05) is 39.5 Å². The van der Waals surface area contributed by atoms with Gasteiger partial charge in [0.25, 0.3) is 0 Å². The van der Waals surface area contributed by atoms with Crippen LogP contribution in [-0.2, 0) is 0 Å². The zero-order chi connectivity index (χ0) is 14.7. The number of aliphatic hydroxyl groups excluding tert-OH is 1. The van der Waals surface area contributed by atoms with Crippen LogP contribution in [0.25, 0.3) is 0 Å². The predicted molar refractivity (Wildman–Crippen MR) is 81.3 cm³/mol. The van der Waals surface area contributed by atoms with E-state index in [1.54, 1.807) is 6.20 Å². The largest absolute Gasteiger partial charge is 0.396 e. The molecule has 0 radical (unpaired) electrons. The fraction of sp³-hybridized carbons (Fsp3) is 0.750. The first-order chi connectivity index (χ1) is 9.04. The van der Waals surface area contributed by atoms with E-state index in [2.05, 4.69) is 23.8 Å². The number of aliphatic hydroxyl groups is 1. The lowest BCUT2D eigenvalue weighted by Crippen LogP contribution is -2.03. The molecule has 3 heteroatoms. The highest BCUT2D eigenvalue weighted by molar-refractivity contribution is 5.09. The van der Waals surface area contributed by atoms with Crippen LogP contribution in [0.1, 0.15) is 63.0 Å². The summed E-state index contributed by atoms with van der Waals surface area (Å²) in [4.78, 5) is 8.33. The van der Waals surface area contributed by atoms with Crippen molar-refractivity contribution in [2.24, 2.45) is 5.92 Å². The molecule has 0 fully saturated rings. The lowest BCUT2D eigenvalue weighted by atomic mass is 10.00. The van der Waals surface area contributed by atoms with Crippen molar-refractivity contribution in [1.29, 1.82) is 0 Å². The Morgan fingerprint density at radius 2 is 1.79 bits per heavy atom. The zero-order valence-corrected chi connectivity index (χ0v) is 13.2. The Morgan fingerprint density at radius 3 is 2.21 bits per heavy atom. The number of unbranched alkanes of at least 4 members (excludes halogenated alkanes) is 2. The molecule has 1 atom stereocenters. The number of hydrogen-bond acceptors (Lipinski definition) is 3. The molecule has 110 valence electrons. The van der Waals surface area contributed by atoms with E-state index in [1.807, 2.05) is 20.8 Å². The maximum absolute atomic E-state index is 8.83. The molecule has 0 aliphatic rings. The number of aryl methyl sites for hydroxylation is 3. The van der Waals surface area contributed by atoms with Gasteiger partial charge in [-0.05, 0) is 33.1 Å². The van der Waals surface area contributed by atoms with Gasteiger partial charge in [0.05, 0.1) is 17.1 Å². The fourth-order valence-electron chi connectivity index (χ4n) is 1.77. The van der Waals surface area contributed by atoms with Gasteiger partial charge in [-0.3, -0.25) is 9.97 Å². The van der Waals surface area contributed by atoms with Crippen LogP contribution in [0.2, 0.25) is 0 Å². The van der Waals surface area contributed by atoms with E-state index >= 15 is 0 Å². The van der Waals surface area contributed by atoms with Gasteiger partial charge in [-0.2, -0.15) is 0 Å². The van der Waals surface area contributed by atoms with Crippen molar-refractivity contribution in [2.75, 3.05) is 6.61 Å². The van der Waals surface area contributed by atoms with E-state index in [0.29, 0.717) is 12.5 Å². The summed E-state index contributed by atoms with van der Waals surface area (Å²) < 4.78 is 0. The van der Waals surface area contributed by atoms with Crippen LogP contribution in [0.15, 0.2) is 6.20 Å². The minimum Gasteiger partial charge on any atom is -0.396 e. The van der Waals surface area contributed by atoms with Gasteiger partial charge >= 0.3 is 0 Å². The molecule has 3 nitrogen and oxygen atoms in total. The van der Waals surface area contributed by atoms with Crippen molar-refractivity contribution in [2.45, 2.75) is 66.7 Å². The zero-order valence-electron chi connectivity index (χ0n) is 13.2. The number of nitrogens with zero attached hydrogens (tertiary/aromatic N) is 2. The highest BCUT2D eigenvalue weighted by atomic mass is 16.3. The number of aromatic nitrogens is 2. The van der Waals surface area contributed by atoms with E-state index in [1.165, 1.54) is 25.7 Å². The molecule has 1 heterocycles. The smallest absolute Gasteiger partial charge is 0.0588 e. The van der Waals surface area contributed by atoms with Crippen molar-refractivity contribution in [3.8, 4) is 0 Å². The highest BCUT2D eigenvalue weighted by Gasteiger charge is 2.02. The molecular formula is C16H30N2O. The first kappa shape index (κ1) is 18.0. The van der Waals surface area contributed by atoms with Crippen LogP contribution in [0.3, 0.4) is 0 Å². The molecule has 1 N–H and O–H groups in total. The van der Waals surface area contributed by atoms with Crippen molar-refractivity contribution < 1.29 is 5.11 Å². The summed E-state index contributed by atoms with van der Waals surface area (Å²) in [5.74, 6) is 0.562. The Morgan fingerprint density at radius 1 is 1.11 bits per heavy atom. The van der Waals surface area contributed by atoms with Crippen LogP contribution < -0.4 is 0 Å². The SMILES string of the molecule is CCCCCC(CC)CO.Cc1cnc(C)c(C)n1. The minimum absolute atomic E-state index is 0.375. The molecule has 0 aromatic carbocycles. The maximum atomic E-state index is 8.83. The van der Waals surface area contributed by atoms with Crippen LogP contribution in [0.5, 0.6) is 0 Å². The lowest BCUT2D eigenvalue weighted by Gasteiger charge is -2.09. The quantitative estimate of drug-likeness (QED) is 0.792. The van der Waals surface area contributed by atoms with Gasteiger partial charge in [0, 0.05) is 12.8 Å². The Balaban J connectivity index is 0.000000342. The van der Waals surface area contributed by atoms with Crippen molar-refractivity contribution in [1.82, 2.24) is 9.97 Å². The van der Waals surface area contributed by atoms with E-state index < -0.39 is 0 Å².